The summed E-state index contributed by atoms with van der Waals surface area (Å²) in [6, 6.07) is 0.0933. The van der Waals surface area contributed by atoms with E-state index in [1.165, 1.54) is 4.88 Å². The summed E-state index contributed by atoms with van der Waals surface area (Å²) in [6.45, 7) is 11.5. The Labute approximate surface area is 125 Å². The summed E-state index contributed by atoms with van der Waals surface area (Å²) < 4.78 is 0. The number of thiazole rings is 1. The number of nitrogens with one attached hydrogen (secondary N) is 2. The zero-order valence-electron chi connectivity index (χ0n) is 13.0. The van der Waals surface area contributed by atoms with Gasteiger partial charge in [0.15, 0.2) is 0 Å². The van der Waals surface area contributed by atoms with Crippen LogP contribution in [0.25, 0.3) is 0 Å². The van der Waals surface area contributed by atoms with E-state index < -0.39 is 0 Å². The van der Waals surface area contributed by atoms with Crippen molar-refractivity contribution in [3.05, 3.63) is 15.6 Å². The number of rotatable bonds is 3. The lowest BCUT2D eigenvalue weighted by atomic mass is 9.98. The van der Waals surface area contributed by atoms with Crippen molar-refractivity contribution in [2.45, 2.75) is 65.0 Å². The van der Waals surface area contributed by atoms with E-state index in [0.29, 0.717) is 0 Å². The molecule has 2 unspecified atom stereocenters. The summed E-state index contributed by atoms with van der Waals surface area (Å²) in [5.74, 6) is 0.126. The number of amides is 1. The first-order chi connectivity index (χ1) is 9.29. The van der Waals surface area contributed by atoms with E-state index in [1.807, 2.05) is 0 Å². The summed E-state index contributed by atoms with van der Waals surface area (Å²) in [7, 11) is 0. The second-order valence-corrected chi connectivity index (χ2v) is 7.62. The molecule has 0 bridgehead atoms. The maximum atomic E-state index is 11.8. The van der Waals surface area contributed by atoms with Crippen LogP contribution in [0, 0.1) is 6.92 Å². The van der Waals surface area contributed by atoms with Crippen LogP contribution in [0.15, 0.2) is 0 Å². The third kappa shape index (κ3) is 3.38. The minimum Gasteiger partial charge on any atom is -0.355 e. The molecule has 112 valence electrons. The van der Waals surface area contributed by atoms with Gasteiger partial charge in [0, 0.05) is 22.9 Å². The van der Waals surface area contributed by atoms with Crippen LogP contribution in [-0.4, -0.2) is 23.5 Å². The average Bonchev–Trinajstić information content (AvgIpc) is 2.74. The maximum absolute atomic E-state index is 11.8. The Morgan fingerprint density at radius 2 is 2.15 bits per heavy atom. The number of hydrogen-bond donors (Lipinski definition) is 2. The average molecular weight is 295 g/mol. The van der Waals surface area contributed by atoms with Gasteiger partial charge in [-0.3, -0.25) is 10.1 Å². The van der Waals surface area contributed by atoms with Crippen molar-refractivity contribution in [1.29, 1.82) is 0 Å². The van der Waals surface area contributed by atoms with Crippen LogP contribution in [0.1, 0.15) is 62.2 Å². The summed E-state index contributed by atoms with van der Waals surface area (Å²) in [6.07, 6.45) is 1.96. The smallest absolute Gasteiger partial charge is 0.237 e. The van der Waals surface area contributed by atoms with Crippen LogP contribution in [0.2, 0.25) is 0 Å². The van der Waals surface area contributed by atoms with E-state index >= 15 is 0 Å². The van der Waals surface area contributed by atoms with E-state index in [-0.39, 0.29) is 23.4 Å². The second kappa shape index (κ2) is 5.82. The van der Waals surface area contributed by atoms with Crippen LogP contribution in [0.4, 0.5) is 0 Å². The van der Waals surface area contributed by atoms with Gasteiger partial charge in [-0.05, 0) is 26.7 Å². The first kappa shape index (κ1) is 15.4. The van der Waals surface area contributed by atoms with Gasteiger partial charge >= 0.3 is 0 Å². The zero-order chi connectivity index (χ0) is 14.9. The van der Waals surface area contributed by atoms with Crippen molar-refractivity contribution in [3.8, 4) is 0 Å². The molecule has 1 aromatic heterocycles. The number of piperidine rings is 1. The lowest BCUT2D eigenvalue weighted by Gasteiger charge is -2.26. The van der Waals surface area contributed by atoms with E-state index in [2.05, 4.69) is 45.3 Å². The summed E-state index contributed by atoms with van der Waals surface area (Å²) in [4.78, 5) is 17.8. The largest absolute Gasteiger partial charge is 0.355 e. The lowest BCUT2D eigenvalue weighted by Crippen LogP contribution is -2.48. The summed E-state index contributed by atoms with van der Waals surface area (Å²) >= 11 is 1.76. The number of aromatic nitrogens is 1. The molecule has 0 saturated carbocycles. The monoisotopic (exact) mass is 295 g/mol. The highest BCUT2D eigenvalue weighted by Crippen LogP contribution is 2.32. The molecule has 0 radical (unpaired) electrons. The van der Waals surface area contributed by atoms with Crippen LogP contribution in [-0.2, 0) is 10.2 Å². The number of carbonyl (C=O) groups excluding carboxylic acids is 1. The molecular weight excluding hydrogens is 270 g/mol. The van der Waals surface area contributed by atoms with Crippen molar-refractivity contribution >= 4 is 17.2 Å². The Bertz CT molecular complexity index is 490. The molecule has 1 fully saturated rings. The third-order valence-electron chi connectivity index (χ3n) is 3.60. The Morgan fingerprint density at radius 1 is 1.45 bits per heavy atom. The predicted octanol–water partition coefficient (Wildman–Crippen LogP) is 2.68. The molecule has 4 nitrogen and oxygen atoms in total. The Balaban J connectivity index is 2.11. The topological polar surface area (TPSA) is 54.0 Å². The molecule has 0 aliphatic carbocycles. The normalized spacial score (nSPS) is 21.6. The fourth-order valence-corrected chi connectivity index (χ4v) is 3.57. The highest BCUT2D eigenvalue weighted by Gasteiger charge is 2.27. The number of aryl methyl sites for hydroxylation is 1. The molecule has 1 aliphatic heterocycles. The van der Waals surface area contributed by atoms with Gasteiger partial charge in [-0.1, -0.05) is 20.8 Å². The van der Waals surface area contributed by atoms with Gasteiger partial charge in [-0.15, -0.1) is 11.3 Å². The van der Waals surface area contributed by atoms with Crippen molar-refractivity contribution < 1.29 is 4.79 Å². The van der Waals surface area contributed by atoms with Crippen molar-refractivity contribution in [2.24, 2.45) is 0 Å². The van der Waals surface area contributed by atoms with Gasteiger partial charge in [0.2, 0.25) is 5.91 Å². The standard InChI is InChI=1S/C15H25N3OS/c1-9(17-11-7-6-8-16-13(11)19)12-10(2)18-14(20-12)15(3,4)5/h9,11,17H,6-8H2,1-5H3,(H,16,19). The predicted molar refractivity (Wildman–Crippen MR) is 83.1 cm³/mol. The fourth-order valence-electron chi connectivity index (χ4n) is 2.44. The van der Waals surface area contributed by atoms with E-state index in [9.17, 15) is 4.79 Å². The van der Waals surface area contributed by atoms with Crippen molar-refractivity contribution in [3.63, 3.8) is 0 Å². The number of carbonyl (C=O) groups is 1. The highest BCUT2D eigenvalue weighted by molar-refractivity contribution is 7.12. The van der Waals surface area contributed by atoms with Gasteiger partial charge in [0.25, 0.3) is 0 Å². The SMILES string of the molecule is Cc1nc(C(C)(C)C)sc1C(C)NC1CCCNC1=O. The molecule has 1 aromatic rings. The molecule has 0 spiro atoms. The van der Waals surface area contributed by atoms with Gasteiger partial charge < -0.3 is 5.32 Å². The second-order valence-electron chi connectivity index (χ2n) is 6.59. The fraction of sp³-hybridized carbons (Fsp3) is 0.733. The highest BCUT2D eigenvalue weighted by atomic mass is 32.1. The molecule has 5 heteroatoms. The van der Waals surface area contributed by atoms with E-state index in [1.54, 1.807) is 11.3 Å². The van der Waals surface area contributed by atoms with Gasteiger partial charge in [0.05, 0.1) is 16.7 Å². The zero-order valence-corrected chi connectivity index (χ0v) is 13.9. The van der Waals surface area contributed by atoms with Crippen LogP contribution >= 0.6 is 11.3 Å². The Morgan fingerprint density at radius 3 is 2.70 bits per heavy atom. The molecule has 1 saturated heterocycles. The first-order valence-electron chi connectivity index (χ1n) is 7.30. The first-order valence-corrected chi connectivity index (χ1v) is 8.12. The maximum Gasteiger partial charge on any atom is 0.237 e. The molecule has 1 amide bonds. The van der Waals surface area contributed by atoms with Gasteiger partial charge in [-0.2, -0.15) is 0 Å². The Hall–Kier alpha value is -0.940. The van der Waals surface area contributed by atoms with Crippen LogP contribution in [0.3, 0.4) is 0 Å². The molecule has 2 heterocycles. The van der Waals surface area contributed by atoms with Gasteiger partial charge in [0.1, 0.15) is 0 Å². The third-order valence-corrected chi connectivity index (χ3v) is 5.37. The van der Waals surface area contributed by atoms with Crippen molar-refractivity contribution in [2.75, 3.05) is 6.54 Å². The van der Waals surface area contributed by atoms with Crippen LogP contribution < -0.4 is 10.6 Å². The molecule has 2 N–H and O–H groups in total. The number of nitrogens with zero attached hydrogens (tertiary/aromatic N) is 1. The molecular formula is C15H25N3OS. The minimum atomic E-state index is -0.0710. The molecule has 1 aliphatic rings. The minimum absolute atomic E-state index is 0.0710. The lowest BCUT2D eigenvalue weighted by molar-refractivity contribution is -0.124. The molecule has 2 rings (SSSR count). The Kier molecular flexibility index (Phi) is 4.49. The van der Waals surface area contributed by atoms with E-state index in [4.69, 9.17) is 4.98 Å². The van der Waals surface area contributed by atoms with Crippen molar-refractivity contribution in [1.82, 2.24) is 15.6 Å². The van der Waals surface area contributed by atoms with Gasteiger partial charge in [-0.25, -0.2) is 4.98 Å². The van der Waals surface area contributed by atoms with E-state index in [0.717, 1.165) is 30.1 Å². The number of hydrogen-bond acceptors (Lipinski definition) is 4. The summed E-state index contributed by atoms with van der Waals surface area (Å²) in [5.41, 5.74) is 1.16. The molecule has 2 atom stereocenters. The molecule has 0 aromatic carbocycles. The quantitative estimate of drug-likeness (QED) is 0.901. The molecule has 20 heavy (non-hydrogen) atoms. The van der Waals surface area contributed by atoms with Crippen LogP contribution in [0.5, 0.6) is 0 Å². The summed E-state index contributed by atoms with van der Waals surface area (Å²) in [5, 5.41) is 7.53.